The Balaban J connectivity index is 0. The van der Waals surface area contributed by atoms with Gasteiger partial charge in [-0.2, -0.15) is 0 Å². The average molecular weight is 353 g/mol. The van der Waals surface area contributed by atoms with E-state index in [2.05, 4.69) is 31.1 Å². The molecule has 0 unspecified atom stereocenters. The first kappa shape index (κ1) is 25.4. The first-order valence-electron chi connectivity index (χ1n) is 9.01. The van der Waals surface area contributed by atoms with E-state index >= 15 is 0 Å². The van der Waals surface area contributed by atoms with Gasteiger partial charge in [0.2, 0.25) is 5.91 Å². The van der Waals surface area contributed by atoms with Gasteiger partial charge in [-0.05, 0) is 45.3 Å². The van der Waals surface area contributed by atoms with Crippen LogP contribution >= 0.6 is 0 Å². The fourth-order valence-corrected chi connectivity index (χ4v) is 2.07. The molecule has 0 aromatic carbocycles. The molecule has 0 aliphatic heterocycles. The van der Waals surface area contributed by atoms with E-state index in [1.165, 1.54) is 0 Å². The maximum Gasteiger partial charge on any atom is 0.220 e. The number of aliphatic hydroxyl groups excluding tert-OH is 1. The molecule has 0 fully saturated rings. The molecule has 0 spiro atoms. The van der Waals surface area contributed by atoms with Crippen molar-refractivity contribution in [3.8, 4) is 0 Å². The molecule has 0 saturated carbocycles. The Morgan fingerprint density at radius 2 is 1.80 bits per heavy atom. The molecular formula is C20H36N2O3. The summed E-state index contributed by atoms with van der Waals surface area (Å²) in [6, 6.07) is 0.372. The maximum atomic E-state index is 11.6. The zero-order valence-electron chi connectivity index (χ0n) is 16.1. The van der Waals surface area contributed by atoms with Gasteiger partial charge in [-0.3, -0.25) is 4.79 Å². The summed E-state index contributed by atoms with van der Waals surface area (Å²) in [6.45, 7) is 8.53. The van der Waals surface area contributed by atoms with Crippen molar-refractivity contribution < 1.29 is 14.7 Å². The quantitative estimate of drug-likeness (QED) is 0.255. The lowest BCUT2D eigenvalue weighted by atomic mass is 10.1. The minimum absolute atomic E-state index is 0.107. The van der Waals surface area contributed by atoms with Crippen molar-refractivity contribution in [2.75, 3.05) is 13.7 Å². The highest BCUT2D eigenvalue weighted by Gasteiger charge is 1.99. The van der Waals surface area contributed by atoms with Crippen LogP contribution in [0.1, 0.15) is 58.8 Å². The van der Waals surface area contributed by atoms with E-state index in [1.807, 2.05) is 18.2 Å². The van der Waals surface area contributed by atoms with Crippen molar-refractivity contribution in [3.05, 3.63) is 36.6 Å². The lowest BCUT2D eigenvalue weighted by molar-refractivity contribution is -0.121. The van der Waals surface area contributed by atoms with E-state index in [1.54, 1.807) is 6.08 Å². The van der Waals surface area contributed by atoms with Crippen LogP contribution in [0.25, 0.3) is 0 Å². The molecule has 25 heavy (non-hydrogen) atoms. The number of rotatable bonds is 14. The zero-order valence-corrected chi connectivity index (χ0v) is 16.1. The number of carbonyl (C=O) groups is 2. The van der Waals surface area contributed by atoms with E-state index in [0.717, 1.165) is 51.2 Å². The zero-order chi connectivity index (χ0) is 19.3. The molecule has 0 aromatic rings. The van der Waals surface area contributed by atoms with Crippen molar-refractivity contribution in [2.45, 2.75) is 64.8 Å². The molecule has 0 rings (SSSR count). The Bertz CT molecular complexity index is 402. The van der Waals surface area contributed by atoms with Crippen LogP contribution in [0.5, 0.6) is 0 Å². The summed E-state index contributed by atoms with van der Waals surface area (Å²) < 4.78 is 0. The summed E-state index contributed by atoms with van der Waals surface area (Å²) in [7, 11) is 1.00. The molecule has 0 heterocycles. The van der Waals surface area contributed by atoms with Gasteiger partial charge >= 0.3 is 0 Å². The minimum Gasteiger partial charge on any atom is -0.400 e. The van der Waals surface area contributed by atoms with Gasteiger partial charge in [-0.1, -0.05) is 31.6 Å². The lowest BCUT2D eigenvalue weighted by Crippen LogP contribution is -2.23. The van der Waals surface area contributed by atoms with Gasteiger partial charge < -0.3 is 20.5 Å². The third-order valence-electron chi connectivity index (χ3n) is 3.16. The molecule has 1 amide bonds. The Hall–Kier alpha value is -1.88. The Labute approximate surface area is 153 Å². The molecule has 0 saturated heterocycles. The average Bonchev–Trinajstić information content (AvgIpc) is 2.59. The molecule has 5 nitrogen and oxygen atoms in total. The van der Waals surface area contributed by atoms with Crippen molar-refractivity contribution in [2.24, 2.45) is 0 Å². The third kappa shape index (κ3) is 20.1. The van der Waals surface area contributed by atoms with Crippen molar-refractivity contribution in [1.82, 2.24) is 10.6 Å². The fraction of sp³-hybridized carbons (Fsp3) is 0.600. The number of unbranched alkanes of at least 4 members (excludes halogenated alkanes) is 4. The lowest BCUT2D eigenvalue weighted by Gasteiger charge is -2.10. The van der Waals surface area contributed by atoms with Crippen LogP contribution in [0.2, 0.25) is 0 Å². The van der Waals surface area contributed by atoms with Crippen LogP contribution in [0, 0.1) is 0 Å². The van der Waals surface area contributed by atoms with Gasteiger partial charge in [0, 0.05) is 38.2 Å². The molecule has 3 N–H and O–H groups in total. The number of hydrogen-bond acceptors (Lipinski definition) is 4. The monoisotopic (exact) mass is 352 g/mol. The van der Waals surface area contributed by atoms with E-state index in [0.29, 0.717) is 25.4 Å². The van der Waals surface area contributed by atoms with Crippen LogP contribution in [0.15, 0.2) is 36.6 Å². The summed E-state index contributed by atoms with van der Waals surface area (Å²) in [5.41, 5.74) is 1.02. The highest BCUT2D eigenvalue weighted by atomic mass is 16.2. The van der Waals surface area contributed by atoms with Crippen LogP contribution in [0.3, 0.4) is 0 Å². The number of amides is 1. The normalized spacial score (nSPS) is 11.0. The van der Waals surface area contributed by atoms with Gasteiger partial charge in [-0.15, -0.1) is 0 Å². The van der Waals surface area contributed by atoms with Crippen LogP contribution in [-0.4, -0.2) is 37.0 Å². The smallest absolute Gasteiger partial charge is 0.220 e. The van der Waals surface area contributed by atoms with Gasteiger partial charge in [0.25, 0.3) is 0 Å². The first-order chi connectivity index (χ1) is 12.1. The van der Waals surface area contributed by atoms with Crippen LogP contribution < -0.4 is 10.6 Å². The molecule has 144 valence electrons. The summed E-state index contributed by atoms with van der Waals surface area (Å²) >= 11 is 0. The number of hydrogen-bond donors (Lipinski definition) is 3. The van der Waals surface area contributed by atoms with Gasteiger partial charge in [-0.25, -0.2) is 0 Å². The van der Waals surface area contributed by atoms with Gasteiger partial charge in [0.05, 0.1) is 0 Å². The molecule has 0 atom stereocenters. The minimum atomic E-state index is 0.107. The van der Waals surface area contributed by atoms with Crippen molar-refractivity contribution in [1.29, 1.82) is 0 Å². The second kappa shape index (κ2) is 20.2. The molecule has 0 aliphatic rings. The summed E-state index contributed by atoms with van der Waals surface area (Å²) in [6.07, 6.45) is 14.6. The van der Waals surface area contributed by atoms with Crippen molar-refractivity contribution in [3.63, 3.8) is 0 Å². The van der Waals surface area contributed by atoms with Crippen LogP contribution in [0.4, 0.5) is 0 Å². The molecule has 0 radical (unpaired) electrons. The van der Waals surface area contributed by atoms with Crippen molar-refractivity contribution >= 4 is 12.2 Å². The third-order valence-corrected chi connectivity index (χ3v) is 3.16. The van der Waals surface area contributed by atoms with E-state index in [-0.39, 0.29) is 5.91 Å². The van der Waals surface area contributed by atoms with E-state index in [9.17, 15) is 9.59 Å². The molecule has 0 aromatic heterocycles. The fourth-order valence-electron chi connectivity index (χ4n) is 2.07. The SMILES string of the molecule is C=C/C=C(\C=C/CCNC(=O)CCCCCCC=O)NC(C)C.CO. The number of carbonyl (C=O) groups excluding carboxylic acids is 2. The first-order valence-corrected chi connectivity index (χ1v) is 9.01. The molecule has 0 aliphatic carbocycles. The number of aliphatic hydroxyl groups is 1. The highest BCUT2D eigenvalue weighted by molar-refractivity contribution is 5.75. The Morgan fingerprint density at radius 1 is 1.12 bits per heavy atom. The maximum absolute atomic E-state index is 11.6. The highest BCUT2D eigenvalue weighted by Crippen LogP contribution is 2.04. The number of aldehydes is 1. The molecular weight excluding hydrogens is 316 g/mol. The predicted molar refractivity (Wildman–Crippen MR) is 105 cm³/mol. The summed E-state index contributed by atoms with van der Waals surface area (Å²) in [5.74, 6) is 0.107. The largest absolute Gasteiger partial charge is 0.400 e. The van der Waals surface area contributed by atoms with Gasteiger partial charge in [0.15, 0.2) is 0 Å². The topological polar surface area (TPSA) is 78.4 Å². The van der Waals surface area contributed by atoms with Gasteiger partial charge in [0.1, 0.15) is 6.29 Å². The summed E-state index contributed by atoms with van der Waals surface area (Å²) in [4.78, 5) is 21.8. The predicted octanol–water partition coefficient (Wildman–Crippen LogP) is 3.26. The Morgan fingerprint density at radius 3 is 2.40 bits per heavy atom. The number of nitrogens with one attached hydrogen (secondary N) is 2. The summed E-state index contributed by atoms with van der Waals surface area (Å²) in [5, 5.41) is 13.2. The second-order valence-electron chi connectivity index (χ2n) is 5.82. The van der Waals surface area contributed by atoms with E-state index in [4.69, 9.17) is 5.11 Å². The molecule has 0 bridgehead atoms. The standard InChI is InChI=1S/C19H32N2O2.CH4O/c1-4-12-18(21-17(2)3)13-9-10-15-20-19(23)14-8-6-5-7-11-16-22;1-2/h4,9,12-13,16-17,21H,1,5-8,10-11,14-15H2,2-3H3,(H,20,23);2H,1H3/b13-9-,18-12+;. The van der Waals surface area contributed by atoms with Crippen LogP contribution in [-0.2, 0) is 9.59 Å². The van der Waals surface area contributed by atoms with E-state index < -0.39 is 0 Å². The Kier molecular flexibility index (Phi) is 20.5. The second-order valence-corrected chi connectivity index (χ2v) is 5.82. The number of allylic oxidation sites excluding steroid dienone is 3. The molecule has 5 heteroatoms.